The van der Waals surface area contributed by atoms with Crippen molar-refractivity contribution in [3.63, 3.8) is 0 Å². The number of nitrogens with one attached hydrogen (secondary N) is 2. The second-order valence-electron chi connectivity index (χ2n) is 6.79. The van der Waals surface area contributed by atoms with E-state index in [0.29, 0.717) is 19.5 Å². The molecule has 130 valence electrons. The minimum absolute atomic E-state index is 0.00857. The second kappa shape index (κ2) is 5.91. The molecule has 0 bridgehead atoms. The van der Waals surface area contributed by atoms with Crippen LogP contribution >= 0.6 is 0 Å². The summed E-state index contributed by atoms with van der Waals surface area (Å²) < 4.78 is 2.02. The maximum Gasteiger partial charge on any atom is 0.321 e. The van der Waals surface area contributed by atoms with Gasteiger partial charge in [-0.2, -0.15) is 5.10 Å². The Bertz CT molecular complexity index is 857. The van der Waals surface area contributed by atoms with Crippen LogP contribution < -0.4 is 10.6 Å². The third-order valence-corrected chi connectivity index (χ3v) is 4.82. The average molecular weight is 339 g/mol. The molecule has 4 rings (SSSR count). The second-order valence-corrected chi connectivity index (χ2v) is 6.79. The van der Waals surface area contributed by atoms with E-state index in [2.05, 4.69) is 21.8 Å². The van der Waals surface area contributed by atoms with Gasteiger partial charge in [0.15, 0.2) is 0 Å². The molecular formula is C18H21N5O2. The highest BCUT2D eigenvalue weighted by Crippen LogP contribution is 2.27. The van der Waals surface area contributed by atoms with Crippen molar-refractivity contribution in [2.24, 2.45) is 0 Å². The molecule has 25 heavy (non-hydrogen) atoms. The molecule has 2 aliphatic heterocycles. The minimum Gasteiger partial charge on any atom is -0.326 e. The molecule has 2 N–H and O–H groups in total. The highest BCUT2D eigenvalue weighted by molar-refractivity contribution is 6.00. The number of nitrogens with zero attached hydrogens (tertiary/aromatic N) is 3. The Balaban J connectivity index is 1.42. The van der Waals surface area contributed by atoms with Crippen molar-refractivity contribution < 1.29 is 9.59 Å². The third-order valence-electron chi connectivity index (χ3n) is 4.82. The highest BCUT2D eigenvalue weighted by Gasteiger charge is 2.29. The van der Waals surface area contributed by atoms with Gasteiger partial charge < -0.3 is 15.5 Å². The summed E-state index contributed by atoms with van der Waals surface area (Å²) in [7, 11) is 0. The van der Waals surface area contributed by atoms with Crippen LogP contribution in [0.15, 0.2) is 24.3 Å². The molecule has 2 aliphatic rings. The standard InChI is InChI=1S/C18H21N5O2/c1-11-7-12(2)23(21-11)15-5-6-22(10-15)18(25)19-14-3-4-16-13(8-14)9-17(24)20-16/h3-4,7-8,15H,5-6,9-10H2,1-2H3,(H,19,25)(H,20,24). The summed E-state index contributed by atoms with van der Waals surface area (Å²) in [5.74, 6) is -0.00857. The van der Waals surface area contributed by atoms with E-state index in [-0.39, 0.29) is 18.0 Å². The van der Waals surface area contributed by atoms with E-state index in [1.807, 2.05) is 41.6 Å². The fourth-order valence-electron chi connectivity index (χ4n) is 3.65. The van der Waals surface area contributed by atoms with Crippen molar-refractivity contribution in [3.8, 4) is 0 Å². The van der Waals surface area contributed by atoms with Gasteiger partial charge in [0.05, 0.1) is 18.2 Å². The average Bonchev–Trinajstić information content (AvgIpc) is 3.24. The molecule has 2 aromatic rings. The number of hydrogen-bond acceptors (Lipinski definition) is 3. The van der Waals surface area contributed by atoms with Crippen molar-refractivity contribution >= 4 is 23.3 Å². The first-order valence-electron chi connectivity index (χ1n) is 8.51. The minimum atomic E-state index is -0.110. The molecule has 1 fully saturated rings. The normalized spacial score (nSPS) is 19.0. The van der Waals surface area contributed by atoms with Crippen molar-refractivity contribution in [2.45, 2.75) is 32.7 Å². The Kier molecular flexibility index (Phi) is 3.71. The summed E-state index contributed by atoms with van der Waals surface area (Å²) in [5, 5.41) is 10.3. The number of benzene rings is 1. The Morgan fingerprint density at radius 3 is 2.92 bits per heavy atom. The van der Waals surface area contributed by atoms with Gasteiger partial charge in [-0.1, -0.05) is 0 Å². The van der Waals surface area contributed by atoms with E-state index in [0.717, 1.165) is 34.7 Å². The van der Waals surface area contributed by atoms with Gasteiger partial charge in [0.25, 0.3) is 0 Å². The maximum atomic E-state index is 12.5. The molecule has 3 heterocycles. The largest absolute Gasteiger partial charge is 0.326 e. The zero-order valence-electron chi connectivity index (χ0n) is 14.4. The molecule has 0 aliphatic carbocycles. The summed E-state index contributed by atoms with van der Waals surface area (Å²) >= 11 is 0. The molecule has 3 amide bonds. The number of anilines is 2. The lowest BCUT2D eigenvalue weighted by Crippen LogP contribution is -2.33. The van der Waals surface area contributed by atoms with E-state index < -0.39 is 0 Å². The molecule has 0 spiro atoms. The van der Waals surface area contributed by atoms with Crippen LogP contribution in [0.5, 0.6) is 0 Å². The number of rotatable bonds is 2. The van der Waals surface area contributed by atoms with Crippen molar-refractivity contribution in [2.75, 3.05) is 23.7 Å². The molecule has 0 saturated carbocycles. The van der Waals surface area contributed by atoms with E-state index in [1.54, 1.807) is 0 Å². The molecule has 1 saturated heterocycles. The van der Waals surface area contributed by atoms with Crippen LogP contribution in [0.25, 0.3) is 0 Å². The van der Waals surface area contributed by atoms with E-state index in [1.165, 1.54) is 0 Å². The Morgan fingerprint density at radius 1 is 1.32 bits per heavy atom. The van der Waals surface area contributed by atoms with Gasteiger partial charge >= 0.3 is 6.03 Å². The quantitative estimate of drug-likeness (QED) is 0.882. The molecule has 1 unspecified atom stereocenters. The number of likely N-dealkylation sites (tertiary alicyclic amines) is 1. The van der Waals surface area contributed by atoms with Gasteiger partial charge in [0.2, 0.25) is 5.91 Å². The number of fused-ring (bicyclic) bond motifs is 1. The van der Waals surface area contributed by atoms with Crippen LogP contribution in [-0.4, -0.2) is 39.7 Å². The lowest BCUT2D eigenvalue weighted by Gasteiger charge is -2.18. The summed E-state index contributed by atoms with van der Waals surface area (Å²) in [5.41, 5.74) is 4.59. The lowest BCUT2D eigenvalue weighted by atomic mass is 10.1. The number of amides is 3. The molecule has 7 nitrogen and oxygen atoms in total. The van der Waals surface area contributed by atoms with Crippen molar-refractivity contribution in [1.29, 1.82) is 0 Å². The van der Waals surface area contributed by atoms with Gasteiger partial charge in [0, 0.05) is 30.2 Å². The predicted molar refractivity (Wildman–Crippen MR) is 94.7 cm³/mol. The smallest absolute Gasteiger partial charge is 0.321 e. The number of hydrogen-bond donors (Lipinski definition) is 2. The van der Waals surface area contributed by atoms with Gasteiger partial charge in [-0.15, -0.1) is 0 Å². The number of carbonyl (C=O) groups excluding carboxylic acids is 2. The third kappa shape index (κ3) is 2.97. The van der Waals surface area contributed by atoms with Crippen molar-refractivity contribution in [3.05, 3.63) is 41.2 Å². The molecule has 0 radical (unpaired) electrons. The van der Waals surface area contributed by atoms with Crippen LogP contribution in [-0.2, 0) is 11.2 Å². The SMILES string of the molecule is Cc1cc(C)n(C2CCN(C(=O)Nc3ccc4c(c3)CC(=O)N4)C2)n1. The monoisotopic (exact) mass is 339 g/mol. The lowest BCUT2D eigenvalue weighted by molar-refractivity contribution is -0.115. The summed E-state index contributed by atoms with van der Waals surface area (Å²) in [4.78, 5) is 25.8. The zero-order chi connectivity index (χ0) is 17.6. The van der Waals surface area contributed by atoms with Gasteiger partial charge in [-0.3, -0.25) is 9.48 Å². The number of aryl methyl sites for hydroxylation is 2. The number of carbonyl (C=O) groups is 2. The molecule has 7 heteroatoms. The van der Waals surface area contributed by atoms with Crippen LogP contribution in [0.2, 0.25) is 0 Å². The first kappa shape index (κ1) is 15.7. The molecule has 1 atom stereocenters. The van der Waals surface area contributed by atoms with Crippen molar-refractivity contribution in [1.82, 2.24) is 14.7 Å². The van der Waals surface area contributed by atoms with Gasteiger partial charge in [0.1, 0.15) is 0 Å². The van der Waals surface area contributed by atoms with E-state index in [9.17, 15) is 9.59 Å². The molecule has 1 aromatic heterocycles. The van der Waals surface area contributed by atoms with E-state index >= 15 is 0 Å². The van der Waals surface area contributed by atoms with Gasteiger partial charge in [-0.05, 0) is 50.1 Å². The fraction of sp³-hybridized carbons (Fsp3) is 0.389. The van der Waals surface area contributed by atoms with Crippen LogP contribution in [0.4, 0.5) is 16.2 Å². The maximum absolute atomic E-state index is 12.5. The molecular weight excluding hydrogens is 318 g/mol. The predicted octanol–water partition coefficient (Wildman–Crippen LogP) is 2.47. The first-order chi connectivity index (χ1) is 12.0. The Hall–Kier alpha value is -2.83. The van der Waals surface area contributed by atoms with Crippen LogP contribution in [0.1, 0.15) is 29.4 Å². The number of urea groups is 1. The Labute approximate surface area is 146 Å². The van der Waals surface area contributed by atoms with E-state index in [4.69, 9.17) is 0 Å². The van der Waals surface area contributed by atoms with Crippen LogP contribution in [0, 0.1) is 13.8 Å². The summed E-state index contributed by atoms with van der Waals surface area (Å²) in [6.07, 6.45) is 1.26. The first-order valence-corrected chi connectivity index (χ1v) is 8.51. The zero-order valence-corrected chi connectivity index (χ0v) is 14.4. The highest BCUT2D eigenvalue weighted by atomic mass is 16.2. The summed E-state index contributed by atoms with van der Waals surface area (Å²) in [6.45, 7) is 5.39. The summed E-state index contributed by atoms with van der Waals surface area (Å²) in [6, 6.07) is 7.68. The molecule has 1 aromatic carbocycles. The topological polar surface area (TPSA) is 79.3 Å². The number of aromatic nitrogens is 2. The fourth-order valence-corrected chi connectivity index (χ4v) is 3.65. The van der Waals surface area contributed by atoms with Crippen LogP contribution in [0.3, 0.4) is 0 Å². The van der Waals surface area contributed by atoms with Gasteiger partial charge in [-0.25, -0.2) is 4.79 Å². The Morgan fingerprint density at radius 2 is 2.16 bits per heavy atom.